The van der Waals surface area contributed by atoms with Crippen LogP contribution in [0.25, 0.3) is 0 Å². The molecule has 2 aliphatic heterocycles. The van der Waals surface area contributed by atoms with Gasteiger partial charge in [-0.1, -0.05) is 11.3 Å². The van der Waals surface area contributed by atoms with E-state index in [0.29, 0.717) is 41.4 Å². The molecule has 3 aromatic heterocycles. The van der Waals surface area contributed by atoms with Crippen LogP contribution in [0.4, 0.5) is 16.5 Å². The van der Waals surface area contributed by atoms with Crippen LogP contribution in [0.1, 0.15) is 67.5 Å². The minimum Gasteiger partial charge on any atom is -0.493 e. The molecule has 0 radical (unpaired) electrons. The molecule has 1 fully saturated rings. The van der Waals surface area contributed by atoms with E-state index in [2.05, 4.69) is 30.3 Å². The number of aliphatic imine (C=N–C) groups is 1. The predicted octanol–water partition coefficient (Wildman–Crippen LogP) is 4.32. The average Bonchev–Trinajstić information content (AvgIpc) is 3.92. The van der Waals surface area contributed by atoms with E-state index in [0.717, 1.165) is 35.5 Å². The molecule has 5 heterocycles. The standard InChI is InChI=1S/C32H31N7O9S2/c1-38-14-17(10-23(38)27(41)37-31-35-22(15-49-31)30(44)48-32-36-21(16-50-32)29(43)46-3)34-26(40)7-5-9-47-25-12-20-19(11-24(25)45-2)28(42)39-8-4-6-18(39)13-33-20/h10-16,18H,4-9H2,1-3H3,(H,34,40)(H,35,37,41)/t18-/m0/s1. The minimum absolute atomic E-state index is 0.00687. The Morgan fingerprint density at radius 1 is 1.00 bits per heavy atom. The van der Waals surface area contributed by atoms with Crippen LogP contribution in [0.2, 0.25) is 0 Å². The molecule has 3 amide bonds. The maximum atomic E-state index is 13.1. The van der Waals surface area contributed by atoms with Crippen LogP contribution in [0.5, 0.6) is 16.7 Å². The predicted molar refractivity (Wildman–Crippen MR) is 182 cm³/mol. The highest BCUT2D eigenvalue weighted by molar-refractivity contribution is 7.14. The third kappa shape index (κ3) is 7.50. The first-order valence-corrected chi connectivity index (χ1v) is 17.1. The molecular weight excluding hydrogens is 691 g/mol. The van der Waals surface area contributed by atoms with Gasteiger partial charge in [0, 0.05) is 49.3 Å². The molecule has 0 aliphatic carbocycles. The second kappa shape index (κ2) is 14.9. The summed E-state index contributed by atoms with van der Waals surface area (Å²) in [6, 6.07) is 4.84. The topological polar surface area (TPSA) is 193 Å². The summed E-state index contributed by atoms with van der Waals surface area (Å²) in [6.45, 7) is 0.903. The summed E-state index contributed by atoms with van der Waals surface area (Å²) in [5.41, 5.74) is 1.57. The van der Waals surface area contributed by atoms with Crippen LogP contribution in [0, 0.1) is 0 Å². The molecule has 0 saturated carbocycles. The largest absolute Gasteiger partial charge is 0.493 e. The number of aryl methyl sites for hydroxylation is 1. The van der Waals surface area contributed by atoms with Crippen molar-refractivity contribution in [1.82, 2.24) is 19.4 Å². The van der Waals surface area contributed by atoms with Crippen LogP contribution in [-0.4, -0.2) is 88.7 Å². The van der Waals surface area contributed by atoms with Crippen molar-refractivity contribution >= 4 is 75.1 Å². The lowest BCUT2D eigenvalue weighted by Crippen LogP contribution is -2.35. The zero-order valence-electron chi connectivity index (χ0n) is 27.1. The van der Waals surface area contributed by atoms with Gasteiger partial charge in [-0.3, -0.25) is 24.7 Å². The van der Waals surface area contributed by atoms with Crippen molar-refractivity contribution in [2.45, 2.75) is 31.7 Å². The van der Waals surface area contributed by atoms with E-state index in [1.807, 2.05) is 4.90 Å². The maximum Gasteiger partial charge on any atom is 0.365 e. The molecular formula is C32H31N7O9S2. The van der Waals surface area contributed by atoms with E-state index in [-0.39, 0.29) is 58.3 Å². The SMILES string of the molecule is COC(=O)c1csc(OC(=O)c2csc(NC(=O)c3cc(NC(=O)CCCOc4cc5c(cc4OC)C(=O)N4CCC[C@H]4C=N5)cn3C)n2)n1. The molecule has 50 heavy (non-hydrogen) atoms. The summed E-state index contributed by atoms with van der Waals surface area (Å²) < 4.78 is 22.7. The number of rotatable bonds is 12. The second-order valence-corrected chi connectivity index (χ2v) is 12.8. The molecule has 0 spiro atoms. The number of nitrogens with zero attached hydrogens (tertiary/aromatic N) is 5. The number of thiazole rings is 2. The number of nitrogens with one attached hydrogen (secondary N) is 2. The van der Waals surface area contributed by atoms with E-state index in [1.54, 1.807) is 36.2 Å². The quantitative estimate of drug-likeness (QED) is 0.156. The van der Waals surface area contributed by atoms with Gasteiger partial charge >= 0.3 is 11.9 Å². The molecule has 260 valence electrons. The number of fused-ring (bicyclic) bond motifs is 2. The number of hydrogen-bond acceptors (Lipinski definition) is 14. The molecule has 2 N–H and O–H groups in total. The Bertz CT molecular complexity index is 2000. The number of hydrogen-bond donors (Lipinski definition) is 2. The lowest BCUT2D eigenvalue weighted by Gasteiger charge is -2.20. The molecule has 18 heteroatoms. The van der Waals surface area contributed by atoms with Gasteiger partial charge in [0.2, 0.25) is 5.91 Å². The second-order valence-electron chi connectivity index (χ2n) is 11.1. The van der Waals surface area contributed by atoms with Crippen LogP contribution in [0.3, 0.4) is 0 Å². The first-order chi connectivity index (χ1) is 24.1. The number of ether oxygens (including phenoxy) is 4. The van der Waals surface area contributed by atoms with Crippen molar-refractivity contribution in [2.24, 2.45) is 12.0 Å². The number of benzene rings is 1. The summed E-state index contributed by atoms with van der Waals surface area (Å²) >= 11 is 1.96. The summed E-state index contributed by atoms with van der Waals surface area (Å²) in [5.74, 6) is -1.52. The Hall–Kier alpha value is -5.62. The third-order valence-electron chi connectivity index (χ3n) is 7.78. The van der Waals surface area contributed by atoms with Crippen LogP contribution < -0.4 is 24.8 Å². The lowest BCUT2D eigenvalue weighted by atomic mass is 10.1. The number of carbonyl (C=O) groups excluding carboxylic acids is 5. The van der Waals surface area contributed by atoms with Gasteiger partial charge in [-0.05, 0) is 31.4 Å². The average molecular weight is 722 g/mol. The summed E-state index contributed by atoms with van der Waals surface area (Å²) in [5, 5.41) is 8.30. The van der Waals surface area contributed by atoms with Crippen molar-refractivity contribution in [3.8, 4) is 16.7 Å². The number of carbonyl (C=O) groups is 5. The number of methoxy groups -OCH3 is 2. The monoisotopic (exact) mass is 721 g/mol. The zero-order valence-corrected chi connectivity index (χ0v) is 28.7. The van der Waals surface area contributed by atoms with E-state index in [4.69, 9.17) is 14.2 Å². The molecule has 1 atom stereocenters. The molecule has 0 bridgehead atoms. The van der Waals surface area contributed by atoms with E-state index in [1.165, 1.54) is 31.0 Å². The summed E-state index contributed by atoms with van der Waals surface area (Å²) in [4.78, 5) is 77.1. The highest BCUT2D eigenvalue weighted by Gasteiger charge is 2.32. The Kier molecular flexibility index (Phi) is 10.2. The Labute approximate surface area is 293 Å². The fraction of sp³-hybridized carbons (Fsp3) is 0.312. The third-order valence-corrected chi connectivity index (χ3v) is 9.25. The van der Waals surface area contributed by atoms with Gasteiger partial charge in [-0.25, -0.2) is 14.6 Å². The molecule has 6 rings (SSSR count). The number of aromatic nitrogens is 3. The Balaban J connectivity index is 0.982. The summed E-state index contributed by atoms with van der Waals surface area (Å²) in [6.07, 6.45) is 5.75. The normalized spacial score (nSPS) is 14.7. The molecule has 1 saturated heterocycles. The van der Waals surface area contributed by atoms with Gasteiger partial charge in [-0.2, -0.15) is 4.98 Å². The Morgan fingerprint density at radius 2 is 1.80 bits per heavy atom. The first kappa shape index (κ1) is 34.3. The van der Waals surface area contributed by atoms with E-state index >= 15 is 0 Å². The van der Waals surface area contributed by atoms with Crippen molar-refractivity contribution in [2.75, 3.05) is 38.0 Å². The highest BCUT2D eigenvalue weighted by Crippen LogP contribution is 2.38. The van der Waals surface area contributed by atoms with Crippen molar-refractivity contribution in [3.05, 3.63) is 57.8 Å². The maximum absolute atomic E-state index is 13.1. The Morgan fingerprint density at radius 3 is 2.60 bits per heavy atom. The smallest absolute Gasteiger partial charge is 0.365 e. The fourth-order valence-corrected chi connectivity index (χ4v) is 6.65. The van der Waals surface area contributed by atoms with E-state index < -0.39 is 17.8 Å². The van der Waals surface area contributed by atoms with E-state index in [9.17, 15) is 24.0 Å². The zero-order chi connectivity index (χ0) is 35.4. The molecule has 16 nitrogen and oxygen atoms in total. The van der Waals surface area contributed by atoms with Crippen LogP contribution in [0.15, 0.2) is 40.1 Å². The molecule has 4 aromatic rings. The summed E-state index contributed by atoms with van der Waals surface area (Å²) in [7, 11) is 4.36. The highest BCUT2D eigenvalue weighted by atomic mass is 32.1. The molecule has 2 aliphatic rings. The van der Waals surface area contributed by atoms with Crippen molar-refractivity contribution in [1.29, 1.82) is 0 Å². The first-order valence-electron chi connectivity index (χ1n) is 15.3. The number of amides is 3. The van der Waals surface area contributed by atoms with Crippen LogP contribution >= 0.6 is 22.7 Å². The van der Waals surface area contributed by atoms with Crippen LogP contribution in [-0.2, 0) is 16.6 Å². The van der Waals surface area contributed by atoms with Crippen molar-refractivity contribution in [3.63, 3.8) is 0 Å². The number of anilines is 2. The van der Waals surface area contributed by atoms with Gasteiger partial charge in [0.05, 0.1) is 43.8 Å². The number of esters is 2. The minimum atomic E-state index is -0.815. The fourth-order valence-electron chi connectivity index (χ4n) is 5.34. The van der Waals surface area contributed by atoms with Gasteiger partial charge in [0.25, 0.3) is 17.0 Å². The van der Waals surface area contributed by atoms with Crippen molar-refractivity contribution < 1.29 is 42.9 Å². The van der Waals surface area contributed by atoms with Gasteiger partial charge in [-0.15, -0.1) is 11.3 Å². The van der Waals surface area contributed by atoms with Gasteiger partial charge < -0.3 is 33.7 Å². The molecule has 0 unspecified atom stereocenters. The molecule has 1 aromatic carbocycles. The van der Waals surface area contributed by atoms with Gasteiger partial charge in [0.1, 0.15) is 5.69 Å². The lowest BCUT2D eigenvalue weighted by molar-refractivity contribution is -0.116. The van der Waals surface area contributed by atoms with Gasteiger partial charge in [0.15, 0.2) is 28.0 Å².